The van der Waals surface area contributed by atoms with Crippen LogP contribution in [0.15, 0.2) is 17.3 Å². The normalized spacial score (nSPS) is 25.2. The lowest BCUT2D eigenvalue weighted by atomic mass is 9.83. The molecule has 1 fully saturated rings. The van der Waals surface area contributed by atoms with Crippen molar-refractivity contribution in [3.8, 4) is 0 Å². The van der Waals surface area contributed by atoms with Gasteiger partial charge in [-0.1, -0.05) is 26.2 Å². The summed E-state index contributed by atoms with van der Waals surface area (Å²) in [7, 11) is -1.70. The van der Waals surface area contributed by atoms with Crippen LogP contribution in [-0.4, -0.2) is 24.2 Å². The first-order chi connectivity index (χ1) is 8.53. The van der Waals surface area contributed by atoms with Crippen molar-refractivity contribution in [3.05, 3.63) is 12.4 Å². The van der Waals surface area contributed by atoms with Crippen LogP contribution in [0.5, 0.6) is 0 Å². The number of nitrogens with zero attached hydrogens (tertiary/aromatic N) is 2. The van der Waals surface area contributed by atoms with Crippen LogP contribution < -0.4 is 4.72 Å². The van der Waals surface area contributed by atoms with Gasteiger partial charge < -0.3 is 0 Å². The molecule has 102 valence electrons. The summed E-state index contributed by atoms with van der Waals surface area (Å²) in [6, 6.07) is 0.0777. The van der Waals surface area contributed by atoms with Crippen LogP contribution in [0.1, 0.15) is 39.0 Å². The van der Waals surface area contributed by atoms with Crippen LogP contribution in [0.4, 0.5) is 0 Å². The lowest BCUT2D eigenvalue weighted by Crippen LogP contribution is -2.41. The van der Waals surface area contributed by atoms with E-state index in [9.17, 15) is 8.42 Å². The molecule has 2 atom stereocenters. The van der Waals surface area contributed by atoms with Crippen molar-refractivity contribution in [2.45, 2.75) is 50.0 Å². The van der Waals surface area contributed by atoms with Crippen LogP contribution >= 0.6 is 0 Å². The molecular formula is C12H21N3O2S. The molecule has 0 spiro atoms. The molecule has 1 aliphatic rings. The maximum Gasteiger partial charge on any atom is 0.243 e. The minimum Gasteiger partial charge on any atom is -0.274 e. The average Bonchev–Trinajstić information content (AvgIpc) is 2.77. The summed E-state index contributed by atoms with van der Waals surface area (Å²) >= 11 is 0. The van der Waals surface area contributed by atoms with Crippen molar-refractivity contribution in [2.75, 3.05) is 0 Å². The number of hydrogen-bond donors (Lipinski definition) is 1. The zero-order valence-electron chi connectivity index (χ0n) is 11.0. The molecule has 5 nitrogen and oxygen atoms in total. The molecule has 0 aromatic carbocycles. The molecule has 2 rings (SSSR count). The predicted molar refractivity (Wildman–Crippen MR) is 69.6 cm³/mol. The second-order valence-corrected chi connectivity index (χ2v) is 6.74. The van der Waals surface area contributed by atoms with Gasteiger partial charge in [0, 0.05) is 19.3 Å². The highest BCUT2D eigenvalue weighted by Crippen LogP contribution is 2.27. The van der Waals surface area contributed by atoms with Crippen LogP contribution in [0, 0.1) is 5.92 Å². The Morgan fingerprint density at radius 2 is 2.17 bits per heavy atom. The topological polar surface area (TPSA) is 64.0 Å². The summed E-state index contributed by atoms with van der Waals surface area (Å²) in [5.74, 6) is 0.463. The first-order valence-corrected chi connectivity index (χ1v) is 8.02. The molecule has 0 amide bonds. The molecule has 0 radical (unpaired) electrons. The standard InChI is InChI=1S/C12H21N3O2S/c1-3-10-6-4-5-7-12(10)14-18(16,17)11-8-13-15(2)9-11/h8-10,12,14H,3-7H2,1-2H3/t10-,12-/m0/s1. The van der Waals surface area contributed by atoms with E-state index in [4.69, 9.17) is 0 Å². The molecule has 0 bridgehead atoms. The largest absolute Gasteiger partial charge is 0.274 e. The number of aromatic nitrogens is 2. The summed E-state index contributed by atoms with van der Waals surface area (Å²) in [6.07, 6.45) is 8.34. The Bertz CT molecular complexity index is 495. The van der Waals surface area contributed by atoms with E-state index < -0.39 is 10.0 Å². The number of rotatable bonds is 4. The number of hydrogen-bond acceptors (Lipinski definition) is 3. The number of nitrogens with one attached hydrogen (secondary N) is 1. The first kappa shape index (κ1) is 13.5. The second kappa shape index (κ2) is 5.40. The zero-order valence-corrected chi connectivity index (χ0v) is 11.8. The fraction of sp³-hybridized carbons (Fsp3) is 0.750. The Labute approximate surface area is 109 Å². The van der Waals surface area contributed by atoms with E-state index in [1.165, 1.54) is 23.5 Å². The third-order valence-corrected chi connectivity index (χ3v) is 5.18. The Morgan fingerprint density at radius 1 is 1.44 bits per heavy atom. The minimum atomic E-state index is -3.42. The molecule has 1 saturated carbocycles. The summed E-state index contributed by atoms with van der Waals surface area (Å²) in [4.78, 5) is 0.255. The van der Waals surface area contributed by atoms with Gasteiger partial charge in [-0.3, -0.25) is 4.68 Å². The van der Waals surface area contributed by atoms with Gasteiger partial charge in [-0.05, 0) is 18.8 Å². The lowest BCUT2D eigenvalue weighted by Gasteiger charge is -2.31. The van der Waals surface area contributed by atoms with E-state index in [1.807, 2.05) is 0 Å². The van der Waals surface area contributed by atoms with Crippen molar-refractivity contribution in [3.63, 3.8) is 0 Å². The number of sulfonamides is 1. The van der Waals surface area contributed by atoms with Crippen LogP contribution in [0.2, 0.25) is 0 Å². The minimum absolute atomic E-state index is 0.0777. The molecule has 1 heterocycles. The van der Waals surface area contributed by atoms with Gasteiger partial charge in [0.2, 0.25) is 10.0 Å². The SMILES string of the molecule is CC[C@H]1CCCC[C@@H]1NS(=O)(=O)c1cnn(C)c1. The van der Waals surface area contributed by atoms with Crippen molar-refractivity contribution >= 4 is 10.0 Å². The average molecular weight is 271 g/mol. The van der Waals surface area contributed by atoms with Crippen molar-refractivity contribution in [1.82, 2.24) is 14.5 Å². The maximum atomic E-state index is 12.2. The van der Waals surface area contributed by atoms with Gasteiger partial charge in [0.25, 0.3) is 0 Å². The Hall–Kier alpha value is -0.880. The van der Waals surface area contributed by atoms with Crippen LogP contribution in [0.25, 0.3) is 0 Å². The third kappa shape index (κ3) is 2.92. The Morgan fingerprint density at radius 3 is 2.78 bits per heavy atom. The monoisotopic (exact) mass is 271 g/mol. The molecular weight excluding hydrogens is 250 g/mol. The second-order valence-electron chi connectivity index (χ2n) is 5.03. The van der Waals surface area contributed by atoms with Crippen LogP contribution in [-0.2, 0) is 17.1 Å². The van der Waals surface area contributed by atoms with E-state index in [2.05, 4.69) is 16.7 Å². The van der Waals surface area contributed by atoms with Crippen molar-refractivity contribution in [1.29, 1.82) is 0 Å². The summed E-state index contributed by atoms with van der Waals surface area (Å²) in [5.41, 5.74) is 0. The number of aryl methyl sites for hydroxylation is 1. The molecule has 0 aliphatic heterocycles. The highest BCUT2D eigenvalue weighted by Gasteiger charge is 2.28. The molecule has 6 heteroatoms. The zero-order chi connectivity index (χ0) is 13.2. The van der Waals surface area contributed by atoms with Gasteiger partial charge >= 0.3 is 0 Å². The van der Waals surface area contributed by atoms with E-state index in [0.29, 0.717) is 5.92 Å². The van der Waals surface area contributed by atoms with Gasteiger partial charge in [-0.15, -0.1) is 0 Å². The lowest BCUT2D eigenvalue weighted by molar-refractivity contribution is 0.282. The fourth-order valence-corrected chi connectivity index (χ4v) is 3.98. The maximum absolute atomic E-state index is 12.2. The Kier molecular flexibility index (Phi) is 4.07. The molecule has 0 saturated heterocycles. The van der Waals surface area contributed by atoms with E-state index in [1.54, 1.807) is 7.05 Å². The summed E-state index contributed by atoms with van der Waals surface area (Å²) < 4.78 is 28.8. The highest BCUT2D eigenvalue weighted by atomic mass is 32.2. The van der Waals surface area contributed by atoms with E-state index in [-0.39, 0.29) is 10.9 Å². The highest BCUT2D eigenvalue weighted by molar-refractivity contribution is 7.89. The van der Waals surface area contributed by atoms with Gasteiger partial charge in [0.15, 0.2) is 0 Å². The molecule has 18 heavy (non-hydrogen) atoms. The van der Waals surface area contributed by atoms with Crippen molar-refractivity contribution < 1.29 is 8.42 Å². The smallest absolute Gasteiger partial charge is 0.243 e. The van der Waals surface area contributed by atoms with Crippen LogP contribution in [0.3, 0.4) is 0 Å². The van der Waals surface area contributed by atoms with Crippen molar-refractivity contribution in [2.24, 2.45) is 13.0 Å². The van der Waals surface area contributed by atoms with Gasteiger partial charge in [-0.2, -0.15) is 5.10 Å². The molecule has 1 aliphatic carbocycles. The Balaban J connectivity index is 2.12. The van der Waals surface area contributed by atoms with E-state index in [0.717, 1.165) is 25.7 Å². The fourth-order valence-electron chi connectivity index (χ4n) is 2.66. The molecule has 1 N–H and O–H groups in total. The molecule has 0 unspecified atom stereocenters. The van der Waals surface area contributed by atoms with Gasteiger partial charge in [0.1, 0.15) is 4.90 Å². The third-order valence-electron chi connectivity index (χ3n) is 3.73. The summed E-state index contributed by atoms with van der Waals surface area (Å²) in [6.45, 7) is 2.13. The first-order valence-electron chi connectivity index (χ1n) is 6.54. The molecule has 1 aromatic rings. The quantitative estimate of drug-likeness (QED) is 0.906. The van der Waals surface area contributed by atoms with E-state index >= 15 is 0 Å². The molecule has 1 aromatic heterocycles. The predicted octanol–water partition coefficient (Wildman–Crippen LogP) is 1.67. The van der Waals surface area contributed by atoms with Gasteiger partial charge in [-0.25, -0.2) is 13.1 Å². The summed E-state index contributed by atoms with van der Waals surface area (Å²) in [5, 5.41) is 3.91. The van der Waals surface area contributed by atoms with Gasteiger partial charge in [0.05, 0.1) is 6.20 Å².